The SMILES string of the molecule is CCNCCCc1nnc(C2(CC)CCCC2)s1. The molecule has 0 atom stereocenters. The average Bonchev–Trinajstić information content (AvgIpc) is 3.04. The Kier molecular flexibility index (Phi) is 5.13. The molecule has 1 fully saturated rings. The highest BCUT2D eigenvalue weighted by Gasteiger charge is 2.36. The number of nitrogens with one attached hydrogen (secondary N) is 1. The van der Waals surface area contributed by atoms with Crippen LogP contribution in [0.5, 0.6) is 0 Å². The number of aryl methyl sites for hydroxylation is 1. The number of hydrogen-bond donors (Lipinski definition) is 1. The molecule has 1 aromatic rings. The topological polar surface area (TPSA) is 37.8 Å². The first-order valence-corrected chi connectivity index (χ1v) is 8.16. The van der Waals surface area contributed by atoms with Crippen LogP contribution in [0.25, 0.3) is 0 Å². The van der Waals surface area contributed by atoms with Crippen molar-refractivity contribution in [3.63, 3.8) is 0 Å². The Morgan fingerprint density at radius 1 is 1.22 bits per heavy atom. The number of aromatic nitrogens is 2. The van der Waals surface area contributed by atoms with Crippen LogP contribution in [-0.4, -0.2) is 23.3 Å². The lowest BCUT2D eigenvalue weighted by atomic mass is 9.84. The Labute approximate surface area is 114 Å². The summed E-state index contributed by atoms with van der Waals surface area (Å²) < 4.78 is 0. The number of nitrogens with zero attached hydrogens (tertiary/aromatic N) is 2. The summed E-state index contributed by atoms with van der Waals surface area (Å²) in [6.07, 6.45) is 8.82. The van der Waals surface area contributed by atoms with E-state index < -0.39 is 0 Å². The van der Waals surface area contributed by atoms with E-state index in [9.17, 15) is 0 Å². The Balaban J connectivity index is 1.92. The molecule has 1 aliphatic carbocycles. The van der Waals surface area contributed by atoms with Gasteiger partial charge in [-0.2, -0.15) is 0 Å². The van der Waals surface area contributed by atoms with Crippen molar-refractivity contribution in [3.8, 4) is 0 Å². The van der Waals surface area contributed by atoms with Crippen molar-refractivity contribution in [2.45, 2.75) is 64.2 Å². The summed E-state index contributed by atoms with van der Waals surface area (Å²) in [7, 11) is 0. The van der Waals surface area contributed by atoms with Crippen molar-refractivity contribution < 1.29 is 0 Å². The van der Waals surface area contributed by atoms with E-state index >= 15 is 0 Å². The van der Waals surface area contributed by atoms with Crippen molar-refractivity contribution in [1.82, 2.24) is 15.5 Å². The maximum atomic E-state index is 4.49. The minimum absolute atomic E-state index is 0.373. The van der Waals surface area contributed by atoms with Crippen molar-refractivity contribution in [3.05, 3.63) is 10.0 Å². The normalized spacial score (nSPS) is 18.3. The molecule has 1 saturated carbocycles. The highest BCUT2D eigenvalue weighted by atomic mass is 32.1. The Morgan fingerprint density at radius 2 is 2.00 bits per heavy atom. The molecular weight excluding hydrogens is 242 g/mol. The van der Waals surface area contributed by atoms with Crippen molar-refractivity contribution in [2.75, 3.05) is 13.1 Å². The molecule has 3 nitrogen and oxygen atoms in total. The second-order valence-electron chi connectivity index (χ2n) is 5.30. The predicted molar refractivity (Wildman–Crippen MR) is 77.2 cm³/mol. The van der Waals surface area contributed by atoms with Gasteiger partial charge in [0, 0.05) is 11.8 Å². The van der Waals surface area contributed by atoms with E-state index in [-0.39, 0.29) is 0 Å². The third-order valence-electron chi connectivity index (χ3n) is 4.15. The lowest BCUT2D eigenvalue weighted by Crippen LogP contribution is -2.20. The zero-order chi connectivity index (χ0) is 12.8. The fourth-order valence-electron chi connectivity index (χ4n) is 2.88. The zero-order valence-electron chi connectivity index (χ0n) is 11.7. The van der Waals surface area contributed by atoms with Gasteiger partial charge in [0.2, 0.25) is 0 Å². The van der Waals surface area contributed by atoms with Gasteiger partial charge >= 0.3 is 0 Å². The van der Waals surface area contributed by atoms with Crippen LogP contribution >= 0.6 is 11.3 Å². The van der Waals surface area contributed by atoms with Crippen molar-refractivity contribution in [1.29, 1.82) is 0 Å². The first kappa shape index (κ1) is 13.9. The quantitative estimate of drug-likeness (QED) is 0.770. The first-order valence-electron chi connectivity index (χ1n) is 7.34. The molecule has 0 amide bonds. The van der Waals surface area contributed by atoms with Crippen LogP contribution in [0.2, 0.25) is 0 Å². The summed E-state index contributed by atoms with van der Waals surface area (Å²) in [5, 5.41) is 14.8. The smallest absolute Gasteiger partial charge is 0.123 e. The minimum atomic E-state index is 0.373. The van der Waals surface area contributed by atoms with Gasteiger partial charge in [0.25, 0.3) is 0 Å². The Bertz CT molecular complexity index is 356. The summed E-state index contributed by atoms with van der Waals surface area (Å²) in [5.41, 5.74) is 0.373. The minimum Gasteiger partial charge on any atom is -0.317 e. The fourth-order valence-corrected chi connectivity index (χ4v) is 4.08. The molecule has 0 bridgehead atoms. The third-order valence-corrected chi connectivity index (χ3v) is 5.38. The van der Waals surface area contributed by atoms with Crippen LogP contribution < -0.4 is 5.32 Å². The predicted octanol–water partition coefficient (Wildman–Crippen LogP) is 3.30. The number of rotatable bonds is 7. The van der Waals surface area contributed by atoms with E-state index in [0.717, 1.165) is 19.5 Å². The van der Waals surface area contributed by atoms with Crippen LogP contribution in [-0.2, 0) is 11.8 Å². The fraction of sp³-hybridized carbons (Fsp3) is 0.857. The van der Waals surface area contributed by atoms with Gasteiger partial charge in [-0.25, -0.2) is 0 Å². The molecule has 0 spiro atoms. The lowest BCUT2D eigenvalue weighted by molar-refractivity contribution is 0.419. The molecule has 1 heterocycles. The molecule has 1 aliphatic rings. The summed E-state index contributed by atoms with van der Waals surface area (Å²) >= 11 is 1.86. The van der Waals surface area contributed by atoms with Gasteiger partial charge in [0.1, 0.15) is 10.0 Å². The number of hydrogen-bond acceptors (Lipinski definition) is 4. The summed E-state index contributed by atoms with van der Waals surface area (Å²) in [5.74, 6) is 0. The molecule has 1 aromatic heterocycles. The molecule has 0 radical (unpaired) electrons. The van der Waals surface area contributed by atoms with Crippen molar-refractivity contribution >= 4 is 11.3 Å². The van der Waals surface area contributed by atoms with E-state index in [0.29, 0.717) is 5.41 Å². The molecule has 4 heteroatoms. The van der Waals surface area contributed by atoms with E-state index in [1.54, 1.807) is 0 Å². The summed E-state index contributed by atoms with van der Waals surface area (Å²) in [4.78, 5) is 0. The molecule has 18 heavy (non-hydrogen) atoms. The van der Waals surface area contributed by atoms with Gasteiger partial charge in [-0.1, -0.05) is 26.7 Å². The first-order chi connectivity index (χ1) is 8.80. The van der Waals surface area contributed by atoms with E-state index in [1.807, 2.05) is 11.3 Å². The maximum absolute atomic E-state index is 4.49. The van der Waals surface area contributed by atoms with Gasteiger partial charge in [0.05, 0.1) is 0 Å². The highest BCUT2D eigenvalue weighted by molar-refractivity contribution is 7.11. The average molecular weight is 267 g/mol. The Hall–Kier alpha value is -0.480. The molecule has 102 valence electrons. The summed E-state index contributed by atoms with van der Waals surface area (Å²) in [6, 6.07) is 0. The standard InChI is InChI=1S/C14H25N3S/c1-3-14(9-5-6-10-14)13-17-16-12(18-13)8-7-11-15-4-2/h15H,3-11H2,1-2H3. The molecular formula is C14H25N3S. The second kappa shape index (κ2) is 6.62. The van der Waals surface area contributed by atoms with E-state index in [1.165, 1.54) is 48.5 Å². The van der Waals surface area contributed by atoms with E-state index in [2.05, 4.69) is 29.4 Å². The summed E-state index contributed by atoms with van der Waals surface area (Å²) in [6.45, 7) is 6.59. The van der Waals surface area contributed by atoms with Crippen LogP contribution in [0.15, 0.2) is 0 Å². The highest BCUT2D eigenvalue weighted by Crippen LogP contribution is 2.44. The molecule has 0 aromatic carbocycles. The maximum Gasteiger partial charge on any atom is 0.123 e. The van der Waals surface area contributed by atoms with E-state index in [4.69, 9.17) is 0 Å². The van der Waals surface area contributed by atoms with Gasteiger partial charge in [-0.15, -0.1) is 21.5 Å². The van der Waals surface area contributed by atoms with Gasteiger partial charge in [0.15, 0.2) is 0 Å². The molecule has 2 rings (SSSR count). The molecule has 0 saturated heterocycles. The molecule has 0 aliphatic heterocycles. The molecule has 1 N–H and O–H groups in total. The Morgan fingerprint density at radius 3 is 2.67 bits per heavy atom. The van der Waals surface area contributed by atoms with Crippen LogP contribution in [0.4, 0.5) is 0 Å². The van der Waals surface area contributed by atoms with Crippen LogP contribution in [0.3, 0.4) is 0 Å². The van der Waals surface area contributed by atoms with Gasteiger partial charge < -0.3 is 5.32 Å². The monoisotopic (exact) mass is 267 g/mol. The third kappa shape index (κ3) is 3.09. The second-order valence-corrected chi connectivity index (χ2v) is 6.36. The van der Waals surface area contributed by atoms with Crippen LogP contribution in [0.1, 0.15) is 62.4 Å². The van der Waals surface area contributed by atoms with Crippen molar-refractivity contribution in [2.24, 2.45) is 0 Å². The van der Waals surface area contributed by atoms with Gasteiger partial charge in [-0.05, 0) is 38.8 Å². The zero-order valence-corrected chi connectivity index (χ0v) is 12.5. The molecule has 0 unspecified atom stereocenters. The lowest BCUT2D eigenvalue weighted by Gasteiger charge is -2.23. The van der Waals surface area contributed by atoms with Gasteiger partial charge in [-0.3, -0.25) is 0 Å². The van der Waals surface area contributed by atoms with Crippen LogP contribution in [0, 0.1) is 0 Å². The largest absolute Gasteiger partial charge is 0.317 e.